The number of likely N-dealkylation sites (N-methyl/N-ethyl adjacent to an activating group) is 1. The predicted molar refractivity (Wildman–Crippen MR) is 109 cm³/mol. The molecule has 0 heterocycles. The van der Waals surface area contributed by atoms with Gasteiger partial charge in [-0.25, -0.2) is 9.18 Å². The van der Waals surface area contributed by atoms with Crippen LogP contribution in [0.15, 0.2) is 36.4 Å². The van der Waals surface area contributed by atoms with Gasteiger partial charge in [0.25, 0.3) is 11.6 Å². The van der Waals surface area contributed by atoms with E-state index in [1.165, 1.54) is 30.2 Å². The molecule has 2 rings (SSSR count). The highest BCUT2D eigenvalue weighted by Gasteiger charge is 2.27. The van der Waals surface area contributed by atoms with E-state index in [4.69, 9.17) is 14.2 Å². The first kappa shape index (κ1) is 23.6. The number of halogens is 1. The van der Waals surface area contributed by atoms with Gasteiger partial charge in [0.05, 0.1) is 24.7 Å². The van der Waals surface area contributed by atoms with Crippen molar-refractivity contribution in [1.29, 1.82) is 0 Å². The molecule has 10 heteroatoms. The number of amides is 1. The summed E-state index contributed by atoms with van der Waals surface area (Å²) in [5, 5.41) is 11.4. The van der Waals surface area contributed by atoms with E-state index in [2.05, 4.69) is 0 Å². The van der Waals surface area contributed by atoms with Crippen LogP contribution in [0.5, 0.6) is 11.5 Å². The highest BCUT2D eigenvalue weighted by Crippen LogP contribution is 2.35. The molecule has 1 amide bonds. The minimum absolute atomic E-state index is 0.108. The lowest BCUT2D eigenvalue weighted by molar-refractivity contribution is -0.385. The minimum Gasteiger partial charge on any atom is -0.493 e. The van der Waals surface area contributed by atoms with E-state index < -0.39 is 34.9 Å². The van der Waals surface area contributed by atoms with Crippen LogP contribution in [0.1, 0.15) is 29.8 Å². The summed E-state index contributed by atoms with van der Waals surface area (Å²) in [6.07, 6.45) is 0. The molecule has 0 radical (unpaired) electrons. The van der Waals surface area contributed by atoms with Crippen molar-refractivity contribution in [2.45, 2.75) is 20.4 Å². The maximum absolute atomic E-state index is 13.4. The molecule has 2 aromatic carbocycles. The molecule has 0 saturated carbocycles. The molecule has 0 atom stereocenters. The summed E-state index contributed by atoms with van der Waals surface area (Å²) >= 11 is 0. The molecule has 0 fully saturated rings. The number of ether oxygens (including phenoxy) is 3. The van der Waals surface area contributed by atoms with Crippen LogP contribution in [0.25, 0.3) is 0 Å². The van der Waals surface area contributed by atoms with E-state index >= 15 is 0 Å². The summed E-state index contributed by atoms with van der Waals surface area (Å²) in [6.45, 7) is 3.45. The fourth-order valence-electron chi connectivity index (χ4n) is 2.82. The van der Waals surface area contributed by atoms with Crippen molar-refractivity contribution in [2.75, 3.05) is 26.9 Å². The van der Waals surface area contributed by atoms with Gasteiger partial charge in [-0.15, -0.1) is 0 Å². The van der Waals surface area contributed by atoms with Gasteiger partial charge in [0.2, 0.25) is 0 Å². The van der Waals surface area contributed by atoms with Gasteiger partial charge in [-0.2, -0.15) is 0 Å². The number of nitrogens with zero attached hydrogens (tertiary/aromatic N) is 2. The molecule has 0 N–H and O–H groups in total. The number of hydrogen-bond donors (Lipinski definition) is 0. The number of rotatable bonds is 10. The Hall–Kier alpha value is -3.69. The van der Waals surface area contributed by atoms with Crippen LogP contribution in [-0.4, -0.2) is 48.6 Å². The Morgan fingerprint density at radius 1 is 1.16 bits per heavy atom. The summed E-state index contributed by atoms with van der Waals surface area (Å²) in [7, 11) is 1.33. The predicted octanol–water partition coefficient (Wildman–Crippen LogP) is 3.35. The number of carbonyl (C=O) groups excluding carboxylic acids is 2. The van der Waals surface area contributed by atoms with Crippen molar-refractivity contribution in [3.63, 3.8) is 0 Å². The first-order valence-electron chi connectivity index (χ1n) is 9.49. The van der Waals surface area contributed by atoms with E-state index in [0.717, 1.165) is 12.1 Å². The monoisotopic (exact) mass is 434 g/mol. The molecule has 0 spiro atoms. The molecule has 0 saturated heterocycles. The molecule has 0 bridgehead atoms. The number of benzene rings is 2. The van der Waals surface area contributed by atoms with Gasteiger partial charge in [0.15, 0.2) is 18.1 Å². The zero-order chi connectivity index (χ0) is 23.0. The average molecular weight is 434 g/mol. The van der Waals surface area contributed by atoms with Crippen molar-refractivity contribution in [1.82, 2.24) is 4.90 Å². The van der Waals surface area contributed by atoms with Crippen molar-refractivity contribution < 1.29 is 33.1 Å². The summed E-state index contributed by atoms with van der Waals surface area (Å²) in [4.78, 5) is 37.0. The molecule has 0 unspecified atom stereocenters. The lowest BCUT2D eigenvalue weighted by Gasteiger charge is -2.21. The van der Waals surface area contributed by atoms with Crippen molar-refractivity contribution in [2.24, 2.45) is 0 Å². The number of hydrogen-bond acceptors (Lipinski definition) is 7. The van der Waals surface area contributed by atoms with E-state index in [9.17, 15) is 24.1 Å². The largest absolute Gasteiger partial charge is 0.493 e. The second-order valence-electron chi connectivity index (χ2n) is 6.32. The van der Waals surface area contributed by atoms with Crippen LogP contribution in [0.3, 0.4) is 0 Å². The second-order valence-corrected chi connectivity index (χ2v) is 6.32. The van der Waals surface area contributed by atoms with Crippen molar-refractivity contribution in [3.05, 3.63) is 63.5 Å². The SMILES string of the molecule is CCOc1cc([N+](=O)[O-])c(C(=O)OCC(=O)N(CC)Cc2cccc(F)c2)cc1OC. The third-order valence-electron chi connectivity index (χ3n) is 4.32. The van der Waals surface area contributed by atoms with Gasteiger partial charge in [-0.3, -0.25) is 14.9 Å². The van der Waals surface area contributed by atoms with Crippen LogP contribution in [-0.2, 0) is 16.1 Å². The molecule has 0 aliphatic rings. The number of methoxy groups -OCH3 is 1. The van der Waals surface area contributed by atoms with Crippen LogP contribution < -0.4 is 9.47 Å². The van der Waals surface area contributed by atoms with Gasteiger partial charge in [-0.05, 0) is 31.5 Å². The Balaban J connectivity index is 2.14. The van der Waals surface area contributed by atoms with Gasteiger partial charge < -0.3 is 19.1 Å². The first-order chi connectivity index (χ1) is 14.8. The quantitative estimate of drug-likeness (QED) is 0.321. The Morgan fingerprint density at radius 3 is 2.48 bits per heavy atom. The summed E-state index contributed by atoms with van der Waals surface area (Å²) in [6, 6.07) is 8.00. The Morgan fingerprint density at radius 2 is 1.90 bits per heavy atom. The lowest BCUT2D eigenvalue weighted by Crippen LogP contribution is -2.34. The molecule has 31 heavy (non-hydrogen) atoms. The standard InChI is InChI=1S/C21H23FN2O7/c1-4-23(12-14-7-6-8-15(22)9-14)20(25)13-31-21(26)16-10-18(29-3)19(30-5-2)11-17(16)24(27)28/h6-11H,4-5,12-13H2,1-3H3. The molecular formula is C21H23FN2O7. The average Bonchev–Trinajstić information content (AvgIpc) is 2.75. The van der Waals surface area contributed by atoms with E-state index in [0.29, 0.717) is 12.1 Å². The molecule has 166 valence electrons. The normalized spacial score (nSPS) is 10.3. The summed E-state index contributed by atoms with van der Waals surface area (Å²) in [5.41, 5.74) is -0.325. The van der Waals surface area contributed by atoms with Crippen molar-refractivity contribution >= 4 is 17.6 Å². The summed E-state index contributed by atoms with van der Waals surface area (Å²) < 4.78 is 28.8. The smallest absolute Gasteiger partial charge is 0.345 e. The second kappa shape index (κ2) is 10.9. The third-order valence-corrected chi connectivity index (χ3v) is 4.32. The van der Waals surface area contributed by atoms with Crippen LogP contribution >= 0.6 is 0 Å². The maximum atomic E-state index is 13.4. The molecule has 9 nitrogen and oxygen atoms in total. The van der Waals surface area contributed by atoms with Gasteiger partial charge >= 0.3 is 5.97 Å². The Bertz CT molecular complexity index is 965. The number of nitro benzene ring substituents is 1. The summed E-state index contributed by atoms with van der Waals surface area (Å²) in [5.74, 6) is -1.78. The van der Waals surface area contributed by atoms with Gasteiger partial charge in [-0.1, -0.05) is 12.1 Å². The van der Waals surface area contributed by atoms with Crippen LogP contribution in [0.2, 0.25) is 0 Å². The van der Waals surface area contributed by atoms with Gasteiger partial charge in [0, 0.05) is 19.2 Å². The van der Waals surface area contributed by atoms with E-state index in [-0.39, 0.29) is 30.2 Å². The van der Waals surface area contributed by atoms with E-state index in [1.807, 2.05) is 0 Å². The maximum Gasteiger partial charge on any atom is 0.345 e. The minimum atomic E-state index is -1.05. The first-order valence-corrected chi connectivity index (χ1v) is 9.49. The number of carbonyl (C=O) groups is 2. The molecule has 2 aromatic rings. The lowest BCUT2D eigenvalue weighted by atomic mass is 10.1. The Kier molecular flexibility index (Phi) is 8.30. The van der Waals surface area contributed by atoms with Crippen LogP contribution in [0, 0.1) is 15.9 Å². The fourth-order valence-corrected chi connectivity index (χ4v) is 2.82. The van der Waals surface area contributed by atoms with E-state index in [1.54, 1.807) is 19.9 Å². The van der Waals surface area contributed by atoms with Gasteiger partial charge in [0.1, 0.15) is 11.4 Å². The molecule has 0 aliphatic carbocycles. The topological polar surface area (TPSA) is 108 Å². The number of nitro groups is 1. The zero-order valence-electron chi connectivity index (χ0n) is 17.4. The number of esters is 1. The highest BCUT2D eigenvalue weighted by molar-refractivity contribution is 5.96. The zero-order valence-corrected chi connectivity index (χ0v) is 17.4. The fraction of sp³-hybridized carbons (Fsp3) is 0.333. The highest BCUT2D eigenvalue weighted by atomic mass is 19.1. The third kappa shape index (κ3) is 6.14. The Labute approximate surface area is 178 Å². The van der Waals surface area contributed by atoms with Crippen LogP contribution in [0.4, 0.5) is 10.1 Å². The molecule has 0 aromatic heterocycles. The molecule has 0 aliphatic heterocycles. The molecular weight excluding hydrogens is 411 g/mol. The van der Waals surface area contributed by atoms with Crippen molar-refractivity contribution in [3.8, 4) is 11.5 Å².